The van der Waals surface area contributed by atoms with Crippen molar-refractivity contribution < 1.29 is 8.85 Å². The molecule has 1 atom stereocenters. The van der Waals surface area contributed by atoms with E-state index in [1.165, 1.54) is 5.56 Å². The molecule has 0 amide bonds. The fourth-order valence-electron chi connectivity index (χ4n) is 1.49. The SMILES string of the molecule is CCCC(O[SiH2]OCC)c1ccccc1. The average molecular weight is 224 g/mol. The van der Waals surface area contributed by atoms with E-state index in [2.05, 4.69) is 31.2 Å². The summed E-state index contributed by atoms with van der Waals surface area (Å²) in [5.74, 6) is 0. The van der Waals surface area contributed by atoms with Crippen LogP contribution < -0.4 is 0 Å². The summed E-state index contributed by atoms with van der Waals surface area (Å²) < 4.78 is 11.2. The highest BCUT2D eigenvalue weighted by atomic mass is 28.3. The minimum absolute atomic E-state index is 0.231. The molecule has 3 heteroatoms. The maximum atomic E-state index is 5.83. The van der Waals surface area contributed by atoms with Crippen LogP contribution in [-0.4, -0.2) is 16.6 Å². The van der Waals surface area contributed by atoms with Gasteiger partial charge in [0.2, 0.25) is 0 Å². The maximum absolute atomic E-state index is 5.83. The number of hydrogen-bond donors (Lipinski definition) is 0. The first kappa shape index (κ1) is 12.4. The third-order valence-electron chi connectivity index (χ3n) is 2.28. The second-order valence-electron chi connectivity index (χ2n) is 3.47. The standard InChI is InChI=1S/C12H20O2Si/c1-3-8-12(14-15-13-4-2)11-9-6-5-7-10-11/h5-7,9-10,12H,3-4,8,15H2,1-2H3. The Morgan fingerprint density at radius 3 is 2.53 bits per heavy atom. The summed E-state index contributed by atoms with van der Waals surface area (Å²) in [6, 6.07) is 10.4. The van der Waals surface area contributed by atoms with Crippen LogP contribution in [0, 0.1) is 0 Å². The topological polar surface area (TPSA) is 18.5 Å². The molecule has 1 unspecified atom stereocenters. The van der Waals surface area contributed by atoms with Crippen molar-refractivity contribution in [2.75, 3.05) is 6.61 Å². The molecule has 0 N–H and O–H groups in total. The van der Waals surface area contributed by atoms with Crippen LogP contribution in [0.3, 0.4) is 0 Å². The maximum Gasteiger partial charge on any atom is 0.304 e. The molecule has 84 valence electrons. The van der Waals surface area contributed by atoms with Gasteiger partial charge < -0.3 is 8.85 Å². The second kappa shape index (κ2) is 7.62. The van der Waals surface area contributed by atoms with Gasteiger partial charge in [0, 0.05) is 6.61 Å². The molecule has 15 heavy (non-hydrogen) atoms. The second-order valence-corrected chi connectivity index (χ2v) is 4.44. The molecule has 0 radical (unpaired) electrons. The number of hydrogen-bond acceptors (Lipinski definition) is 2. The van der Waals surface area contributed by atoms with Gasteiger partial charge in [0.25, 0.3) is 0 Å². The predicted octanol–water partition coefficient (Wildman–Crippen LogP) is 2.58. The highest BCUT2D eigenvalue weighted by molar-refractivity contribution is 6.18. The molecule has 0 fully saturated rings. The van der Waals surface area contributed by atoms with E-state index >= 15 is 0 Å². The zero-order valence-corrected chi connectivity index (χ0v) is 11.0. The molecule has 0 aliphatic carbocycles. The lowest BCUT2D eigenvalue weighted by atomic mass is 10.1. The van der Waals surface area contributed by atoms with Gasteiger partial charge in [-0.1, -0.05) is 43.7 Å². The van der Waals surface area contributed by atoms with E-state index in [9.17, 15) is 0 Å². The van der Waals surface area contributed by atoms with Crippen molar-refractivity contribution in [1.29, 1.82) is 0 Å². The summed E-state index contributed by atoms with van der Waals surface area (Å²) >= 11 is 0. The first-order valence-corrected chi connectivity index (χ1v) is 6.78. The molecule has 1 aromatic rings. The lowest BCUT2D eigenvalue weighted by molar-refractivity contribution is 0.152. The molecule has 0 aromatic heterocycles. The van der Waals surface area contributed by atoms with Gasteiger partial charge in [-0.25, -0.2) is 0 Å². The largest absolute Gasteiger partial charge is 0.399 e. The van der Waals surface area contributed by atoms with E-state index < -0.39 is 10.0 Å². The van der Waals surface area contributed by atoms with E-state index in [0.29, 0.717) is 0 Å². The smallest absolute Gasteiger partial charge is 0.304 e. The van der Waals surface area contributed by atoms with Gasteiger partial charge in [-0.15, -0.1) is 0 Å². The minimum Gasteiger partial charge on any atom is -0.399 e. The van der Waals surface area contributed by atoms with Gasteiger partial charge in [0.15, 0.2) is 0 Å². The third kappa shape index (κ3) is 4.60. The summed E-state index contributed by atoms with van der Waals surface area (Å²) in [7, 11) is -0.800. The number of rotatable bonds is 7. The van der Waals surface area contributed by atoms with Gasteiger partial charge >= 0.3 is 10.0 Å². The Morgan fingerprint density at radius 2 is 1.93 bits per heavy atom. The molecule has 0 bridgehead atoms. The van der Waals surface area contributed by atoms with E-state index in [1.807, 2.05) is 13.0 Å². The number of benzene rings is 1. The molecule has 2 nitrogen and oxygen atoms in total. The Morgan fingerprint density at radius 1 is 1.20 bits per heavy atom. The van der Waals surface area contributed by atoms with Crippen molar-refractivity contribution in [2.45, 2.75) is 32.8 Å². The molecular weight excluding hydrogens is 204 g/mol. The van der Waals surface area contributed by atoms with Crippen LogP contribution in [0.5, 0.6) is 0 Å². The van der Waals surface area contributed by atoms with Gasteiger partial charge in [-0.2, -0.15) is 0 Å². The first-order valence-electron chi connectivity index (χ1n) is 5.62. The summed E-state index contributed by atoms with van der Waals surface area (Å²) in [6.07, 6.45) is 2.44. The summed E-state index contributed by atoms with van der Waals surface area (Å²) in [4.78, 5) is 0. The average Bonchev–Trinajstić information content (AvgIpc) is 2.29. The van der Waals surface area contributed by atoms with Crippen LogP contribution in [0.4, 0.5) is 0 Å². The van der Waals surface area contributed by atoms with Crippen LogP contribution >= 0.6 is 0 Å². The first-order chi connectivity index (χ1) is 7.38. The highest BCUT2D eigenvalue weighted by Crippen LogP contribution is 2.21. The summed E-state index contributed by atoms with van der Waals surface area (Å²) in [6.45, 7) is 4.95. The normalized spacial score (nSPS) is 13.5. The van der Waals surface area contributed by atoms with E-state index in [-0.39, 0.29) is 6.10 Å². The molecular formula is C12H20O2Si. The van der Waals surface area contributed by atoms with Crippen molar-refractivity contribution in [3.05, 3.63) is 35.9 Å². The molecule has 0 heterocycles. The van der Waals surface area contributed by atoms with Gasteiger partial charge in [-0.05, 0) is 18.9 Å². The minimum atomic E-state index is -0.800. The van der Waals surface area contributed by atoms with E-state index in [0.717, 1.165) is 19.4 Å². The predicted molar refractivity (Wildman–Crippen MR) is 65.3 cm³/mol. The highest BCUT2D eigenvalue weighted by Gasteiger charge is 2.09. The molecule has 0 saturated heterocycles. The lowest BCUT2D eigenvalue weighted by Crippen LogP contribution is -2.10. The van der Waals surface area contributed by atoms with Crippen molar-refractivity contribution in [1.82, 2.24) is 0 Å². The van der Waals surface area contributed by atoms with Crippen LogP contribution in [0.25, 0.3) is 0 Å². The molecule has 0 saturated carbocycles. The monoisotopic (exact) mass is 224 g/mol. The van der Waals surface area contributed by atoms with Crippen LogP contribution in [0.2, 0.25) is 0 Å². The van der Waals surface area contributed by atoms with Gasteiger partial charge in [0.1, 0.15) is 0 Å². The Labute approximate surface area is 94.7 Å². The molecule has 0 aliphatic heterocycles. The molecule has 0 aliphatic rings. The van der Waals surface area contributed by atoms with Crippen molar-refractivity contribution in [3.63, 3.8) is 0 Å². The van der Waals surface area contributed by atoms with Crippen molar-refractivity contribution in [3.8, 4) is 0 Å². The van der Waals surface area contributed by atoms with E-state index in [1.54, 1.807) is 0 Å². The fourth-order valence-corrected chi connectivity index (χ4v) is 2.28. The Balaban J connectivity index is 2.50. The van der Waals surface area contributed by atoms with Gasteiger partial charge in [-0.3, -0.25) is 0 Å². The lowest BCUT2D eigenvalue weighted by Gasteiger charge is -2.17. The quantitative estimate of drug-likeness (QED) is 0.523. The summed E-state index contributed by atoms with van der Waals surface area (Å²) in [5.41, 5.74) is 1.27. The van der Waals surface area contributed by atoms with E-state index in [4.69, 9.17) is 8.85 Å². The Hall–Kier alpha value is -0.643. The molecule has 0 spiro atoms. The third-order valence-corrected chi connectivity index (χ3v) is 3.39. The molecule has 1 aromatic carbocycles. The fraction of sp³-hybridized carbons (Fsp3) is 0.500. The van der Waals surface area contributed by atoms with Crippen LogP contribution in [0.15, 0.2) is 30.3 Å². The Bertz CT molecular complexity index is 251. The van der Waals surface area contributed by atoms with Crippen molar-refractivity contribution in [2.24, 2.45) is 0 Å². The van der Waals surface area contributed by atoms with Crippen LogP contribution in [0.1, 0.15) is 38.4 Å². The zero-order valence-electron chi connectivity index (χ0n) is 9.61. The van der Waals surface area contributed by atoms with Gasteiger partial charge in [0.05, 0.1) is 6.10 Å². The van der Waals surface area contributed by atoms with Crippen LogP contribution in [-0.2, 0) is 8.85 Å². The van der Waals surface area contributed by atoms with Crippen molar-refractivity contribution >= 4 is 10.0 Å². The summed E-state index contributed by atoms with van der Waals surface area (Å²) in [5, 5.41) is 0. The Kier molecular flexibility index (Phi) is 6.32. The zero-order chi connectivity index (χ0) is 10.9. The molecule has 1 rings (SSSR count).